The molecule has 0 unspecified atom stereocenters. The molecule has 0 fully saturated rings. The molecule has 0 aliphatic rings. The normalized spacial score (nSPS) is 11.0. The van der Waals surface area contributed by atoms with Crippen LogP contribution in [-0.4, -0.2) is 25.5 Å². The highest BCUT2D eigenvalue weighted by Gasteiger charge is 2.19. The number of carbonyl (C=O) groups is 1. The van der Waals surface area contributed by atoms with Crippen molar-refractivity contribution in [3.05, 3.63) is 64.9 Å². The van der Waals surface area contributed by atoms with Crippen molar-refractivity contribution < 1.29 is 4.79 Å². The Labute approximate surface area is 148 Å². The van der Waals surface area contributed by atoms with Crippen LogP contribution in [0.5, 0.6) is 0 Å². The van der Waals surface area contributed by atoms with Gasteiger partial charge in [0.1, 0.15) is 5.56 Å². The highest BCUT2D eigenvalue weighted by molar-refractivity contribution is 7.14. The van der Waals surface area contributed by atoms with Crippen molar-refractivity contribution in [1.82, 2.24) is 19.6 Å². The summed E-state index contributed by atoms with van der Waals surface area (Å²) in [6.45, 7) is 3.84. The minimum Gasteiger partial charge on any atom is -0.298 e. The molecule has 4 rings (SSSR count). The number of hydrogen-bond acceptors (Lipinski definition) is 5. The molecular formula is C18H15N5OS. The summed E-state index contributed by atoms with van der Waals surface area (Å²) < 4.78 is 1.60. The van der Waals surface area contributed by atoms with Gasteiger partial charge in [-0.2, -0.15) is 5.10 Å². The van der Waals surface area contributed by atoms with E-state index in [-0.39, 0.29) is 5.91 Å². The van der Waals surface area contributed by atoms with Gasteiger partial charge < -0.3 is 0 Å². The highest BCUT2D eigenvalue weighted by atomic mass is 32.1. The number of benzene rings is 1. The van der Waals surface area contributed by atoms with Gasteiger partial charge in [-0.3, -0.25) is 10.1 Å². The molecule has 0 aliphatic carbocycles. The second kappa shape index (κ2) is 6.10. The van der Waals surface area contributed by atoms with Gasteiger partial charge >= 0.3 is 0 Å². The molecule has 0 radical (unpaired) electrons. The van der Waals surface area contributed by atoms with E-state index < -0.39 is 0 Å². The monoisotopic (exact) mass is 349 g/mol. The van der Waals surface area contributed by atoms with Gasteiger partial charge in [0.05, 0.1) is 11.4 Å². The molecule has 25 heavy (non-hydrogen) atoms. The van der Waals surface area contributed by atoms with Crippen molar-refractivity contribution >= 4 is 28.0 Å². The Morgan fingerprint density at radius 2 is 2.00 bits per heavy atom. The summed E-state index contributed by atoms with van der Waals surface area (Å²) >= 11 is 1.39. The average molecular weight is 349 g/mol. The molecule has 1 aromatic carbocycles. The Morgan fingerprint density at radius 3 is 2.80 bits per heavy atom. The molecule has 3 aromatic heterocycles. The first-order chi connectivity index (χ1) is 12.1. The van der Waals surface area contributed by atoms with Crippen molar-refractivity contribution in [2.75, 3.05) is 5.32 Å². The molecule has 0 atom stereocenters. The average Bonchev–Trinajstić information content (AvgIpc) is 3.18. The Kier molecular flexibility index (Phi) is 3.77. The zero-order chi connectivity index (χ0) is 17.4. The highest BCUT2D eigenvalue weighted by Crippen LogP contribution is 2.26. The van der Waals surface area contributed by atoms with Crippen LogP contribution in [0, 0.1) is 13.8 Å². The van der Waals surface area contributed by atoms with Crippen molar-refractivity contribution in [3.63, 3.8) is 0 Å². The zero-order valence-electron chi connectivity index (χ0n) is 13.7. The first-order valence-electron chi connectivity index (χ1n) is 7.76. The number of nitrogens with one attached hydrogen (secondary N) is 1. The van der Waals surface area contributed by atoms with Crippen LogP contribution in [-0.2, 0) is 0 Å². The molecule has 1 amide bonds. The lowest BCUT2D eigenvalue weighted by Gasteiger charge is -2.01. The van der Waals surface area contributed by atoms with Gasteiger partial charge in [-0.25, -0.2) is 14.5 Å². The van der Waals surface area contributed by atoms with Crippen molar-refractivity contribution in [2.24, 2.45) is 0 Å². The quantitative estimate of drug-likeness (QED) is 0.612. The number of amides is 1. The minimum atomic E-state index is -0.254. The molecule has 0 saturated heterocycles. The number of aryl methyl sites for hydroxylation is 2. The van der Waals surface area contributed by atoms with Crippen LogP contribution in [0.4, 0.5) is 5.13 Å². The Hall–Kier alpha value is -3.06. The lowest BCUT2D eigenvalue weighted by molar-refractivity contribution is 0.102. The van der Waals surface area contributed by atoms with E-state index in [1.165, 1.54) is 16.9 Å². The van der Waals surface area contributed by atoms with Gasteiger partial charge in [-0.15, -0.1) is 11.3 Å². The van der Waals surface area contributed by atoms with E-state index in [1.54, 1.807) is 29.9 Å². The van der Waals surface area contributed by atoms with Gasteiger partial charge in [0.25, 0.3) is 5.91 Å². The molecular weight excluding hydrogens is 334 g/mol. The summed E-state index contributed by atoms with van der Waals surface area (Å²) in [5.41, 5.74) is 4.70. The first-order valence-corrected chi connectivity index (χ1v) is 8.63. The number of rotatable bonds is 3. The van der Waals surface area contributed by atoms with Crippen LogP contribution in [0.3, 0.4) is 0 Å². The van der Waals surface area contributed by atoms with Gasteiger partial charge in [0, 0.05) is 23.3 Å². The predicted molar refractivity (Wildman–Crippen MR) is 98.0 cm³/mol. The lowest BCUT2D eigenvalue weighted by atomic mass is 10.1. The van der Waals surface area contributed by atoms with E-state index in [9.17, 15) is 4.79 Å². The predicted octanol–water partition coefficient (Wildman–Crippen LogP) is 3.72. The minimum absolute atomic E-state index is 0.254. The molecule has 6 nitrogen and oxygen atoms in total. The summed E-state index contributed by atoms with van der Waals surface area (Å²) in [5, 5.41) is 9.65. The van der Waals surface area contributed by atoms with Gasteiger partial charge in [-0.1, -0.05) is 29.8 Å². The number of carbonyl (C=O) groups excluding carboxylic acids is 1. The SMILES string of the molecule is Cc1ccc(-c2csc(NC(=O)c3c(C)nn4cccnc34)n2)cc1. The first kappa shape index (κ1) is 15.5. The molecule has 1 N–H and O–H groups in total. The number of thiazole rings is 1. The third-order valence-electron chi connectivity index (χ3n) is 3.87. The molecule has 0 spiro atoms. The third-order valence-corrected chi connectivity index (χ3v) is 4.63. The van der Waals surface area contributed by atoms with Crippen LogP contribution in [0.25, 0.3) is 16.9 Å². The fourth-order valence-electron chi connectivity index (χ4n) is 2.61. The standard InChI is InChI=1S/C18H15N5OS/c1-11-4-6-13(7-5-11)14-10-25-18(20-14)21-17(24)15-12(2)22-23-9-3-8-19-16(15)23/h3-10H,1-2H3,(H,20,21,24). The maximum Gasteiger partial charge on any atom is 0.263 e. The summed E-state index contributed by atoms with van der Waals surface area (Å²) in [5.74, 6) is -0.254. The fraction of sp³-hybridized carbons (Fsp3) is 0.111. The topological polar surface area (TPSA) is 72.2 Å². The Balaban J connectivity index is 1.61. The molecule has 4 aromatic rings. The van der Waals surface area contributed by atoms with Crippen molar-refractivity contribution in [3.8, 4) is 11.3 Å². The summed E-state index contributed by atoms with van der Waals surface area (Å²) in [6, 6.07) is 9.91. The van der Waals surface area contributed by atoms with Crippen molar-refractivity contribution in [2.45, 2.75) is 13.8 Å². The summed E-state index contributed by atoms with van der Waals surface area (Å²) in [7, 11) is 0. The Morgan fingerprint density at radius 1 is 1.20 bits per heavy atom. The number of hydrogen-bond donors (Lipinski definition) is 1. The van der Waals surface area contributed by atoms with E-state index in [4.69, 9.17) is 0 Å². The van der Waals surface area contributed by atoms with E-state index in [0.29, 0.717) is 22.0 Å². The summed E-state index contributed by atoms with van der Waals surface area (Å²) in [6.07, 6.45) is 3.41. The second-order valence-electron chi connectivity index (χ2n) is 5.71. The van der Waals surface area contributed by atoms with Crippen LogP contribution in [0.1, 0.15) is 21.6 Å². The van der Waals surface area contributed by atoms with Gasteiger partial charge in [0.2, 0.25) is 0 Å². The fourth-order valence-corrected chi connectivity index (χ4v) is 3.32. The largest absolute Gasteiger partial charge is 0.298 e. The molecule has 0 aliphatic heterocycles. The molecule has 124 valence electrons. The zero-order valence-corrected chi connectivity index (χ0v) is 14.5. The number of aromatic nitrogens is 4. The smallest absolute Gasteiger partial charge is 0.263 e. The number of anilines is 1. The number of nitrogens with zero attached hydrogens (tertiary/aromatic N) is 4. The summed E-state index contributed by atoms with van der Waals surface area (Å²) in [4.78, 5) is 21.4. The number of fused-ring (bicyclic) bond motifs is 1. The van der Waals surface area contributed by atoms with Crippen molar-refractivity contribution in [1.29, 1.82) is 0 Å². The van der Waals surface area contributed by atoms with Crippen LogP contribution < -0.4 is 5.32 Å². The van der Waals surface area contributed by atoms with E-state index in [2.05, 4.69) is 20.4 Å². The molecule has 3 heterocycles. The third kappa shape index (κ3) is 2.89. The molecule has 0 bridgehead atoms. The molecule has 7 heteroatoms. The van der Waals surface area contributed by atoms with Gasteiger partial charge in [-0.05, 0) is 19.9 Å². The van der Waals surface area contributed by atoms with E-state index in [1.807, 2.05) is 36.6 Å². The van der Waals surface area contributed by atoms with Crippen LogP contribution in [0.2, 0.25) is 0 Å². The maximum atomic E-state index is 12.7. The van der Waals surface area contributed by atoms with Crippen LogP contribution >= 0.6 is 11.3 Å². The lowest BCUT2D eigenvalue weighted by Crippen LogP contribution is -2.13. The van der Waals surface area contributed by atoms with Crippen LogP contribution in [0.15, 0.2) is 48.1 Å². The second-order valence-corrected chi connectivity index (χ2v) is 6.56. The molecule has 0 saturated carbocycles. The van der Waals surface area contributed by atoms with E-state index >= 15 is 0 Å². The van der Waals surface area contributed by atoms with E-state index in [0.717, 1.165) is 11.3 Å². The Bertz CT molecular complexity index is 1060. The maximum absolute atomic E-state index is 12.7. The van der Waals surface area contributed by atoms with Gasteiger partial charge in [0.15, 0.2) is 10.8 Å².